The number of H-pyrrole nitrogens is 1. The summed E-state index contributed by atoms with van der Waals surface area (Å²) in [6, 6.07) is 10.8. The number of ether oxygens (including phenoxy) is 1. The minimum Gasteiger partial charge on any atom is -0.506 e. The van der Waals surface area contributed by atoms with Crippen molar-refractivity contribution in [2.75, 3.05) is 59.0 Å². The lowest BCUT2D eigenvalue weighted by molar-refractivity contribution is -0.132. The quantitative estimate of drug-likeness (QED) is 0.181. The normalized spacial score (nSPS) is 12.3. The van der Waals surface area contributed by atoms with E-state index in [4.69, 9.17) is 16.3 Å². The van der Waals surface area contributed by atoms with Gasteiger partial charge in [-0.15, -0.1) is 0 Å². The second-order valence-electron chi connectivity index (χ2n) is 9.26. The van der Waals surface area contributed by atoms with Crippen molar-refractivity contribution in [1.82, 2.24) is 20.1 Å². The standard InChI is InChI=1S/C28H39ClN4O5S/c1-3-32(4-2)14-15-33(25(36)11-17-38-16-10-20-6-5-7-21(29)18-20)13-12-30-19-24(35)22-8-9-23(34)26-27(22)39-28(37)31-26/h5-9,18,24,30,34-35H,3-4,10-17,19H2,1-2H3,(H,31,37)/t24-/m0/s1. The van der Waals surface area contributed by atoms with E-state index in [2.05, 4.69) is 29.0 Å². The van der Waals surface area contributed by atoms with E-state index in [0.717, 1.165) is 43.0 Å². The van der Waals surface area contributed by atoms with Gasteiger partial charge in [-0.25, -0.2) is 0 Å². The summed E-state index contributed by atoms with van der Waals surface area (Å²) >= 11 is 6.99. The van der Waals surface area contributed by atoms with E-state index in [1.807, 2.05) is 29.2 Å². The van der Waals surface area contributed by atoms with E-state index in [1.54, 1.807) is 6.07 Å². The van der Waals surface area contributed by atoms with Crippen LogP contribution in [0.5, 0.6) is 5.75 Å². The number of nitrogens with zero attached hydrogens (tertiary/aromatic N) is 2. The van der Waals surface area contributed by atoms with Crippen LogP contribution in [0.4, 0.5) is 0 Å². The number of fused-ring (bicyclic) bond motifs is 1. The third-order valence-corrected chi connectivity index (χ3v) is 7.83. The summed E-state index contributed by atoms with van der Waals surface area (Å²) in [6.45, 7) is 9.57. The number of aromatic hydroxyl groups is 1. The van der Waals surface area contributed by atoms with Gasteiger partial charge in [-0.05, 0) is 43.3 Å². The van der Waals surface area contributed by atoms with Crippen LogP contribution in [0.3, 0.4) is 0 Å². The first-order chi connectivity index (χ1) is 18.8. The van der Waals surface area contributed by atoms with E-state index >= 15 is 0 Å². The second kappa shape index (κ2) is 16.0. The molecular formula is C28H39ClN4O5S. The molecule has 3 aromatic rings. The molecule has 0 unspecified atom stereocenters. The minimum atomic E-state index is -0.868. The van der Waals surface area contributed by atoms with Gasteiger partial charge in [-0.2, -0.15) is 0 Å². The summed E-state index contributed by atoms with van der Waals surface area (Å²) in [5.41, 5.74) is 2.01. The number of phenols is 1. The van der Waals surface area contributed by atoms with Crippen molar-refractivity contribution in [3.8, 4) is 5.75 Å². The molecule has 0 aliphatic heterocycles. The van der Waals surface area contributed by atoms with Crippen LogP contribution < -0.4 is 10.2 Å². The van der Waals surface area contributed by atoms with E-state index < -0.39 is 6.10 Å². The van der Waals surface area contributed by atoms with Crippen molar-refractivity contribution >= 4 is 39.1 Å². The van der Waals surface area contributed by atoms with Crippen LogP contribution >= 0.6 is 22.9 Å². The highest BCUT2D eigenvalue weighted by atomic mass is 35.5. The summed E-state index contributed by atoms with van der Waals surface area (Å²) < 4.78 is 6.27. The number of carbonyl (C=O) groups is 1. The maximum atomic E-state index is 13.0. The van der Waals surface area contributed by atoms with Crippen LogP contribution in [0.15, 0.2) is 41.2 Å². The van der Waals surface area contributed by atoms with Gasteiger partial charge in [0.15, 0.2) is 0 Å². The lowest BCUT2D eigenvalue weighted by atomic mass is 10.1. The van der Waals surface area contributed by atoms with Crippen molar-refractivity contribution in [3.63, 3.8) is 0 Å². The van der Waals surface area contributed by atoms with E-state index in [9.17, 15) is 19.8 Å². The Kier molecular flexibility index (Phi) is 12.7. The monoisotopic (exact) mass is 578 g/mol. The lowest BCUT2D eigenvalue weighted by Crippen LogP contribution is -2.42. The Morgan fingerprint density at radius 3 is 2.69 bits per heavy atom. The maximum Gasteiger partial charge on any atom is 0.305 e. The molecule has 0 aliphatic carbocycles. The average molecular weight is 579 g/mol. The number of amides is 1. The molecule has 0 spiro atoms. The van der Waals surface area contributed by atoms with Crippen molar-refractivity contribution < 1.29 is 19.7 Å². The number of hydrogen-bond acceptors (Lipinski definition) is 8. The SMILES string of the molecule is CCN(CC)CCN(CCNC[C@H](O)c1ccc(O)c2[nH]c(=O)sc12)C(=O)CCOCCc1cccc(Cl)c1. The van der Waals surface area contributed by atoms with Gasteiger partial charge in [-0.1, -0.05) is 55.0 Å². The molecule has 39 heavy (non-hydrogen) atoms. The smallest absolute Gasteiger partial charge is 0.305 e. The van der Waals surface area contributed by atoms with Crippen LogP contribution in [0.1, 0.15) is 37.5 Å². The highest BCUT2D eigenvalue weighted by molar-refractivity contribution is 7.16. The Hall–Kier alpha value is -2.47. The zero-order valence-electron chi connectivity index (χ0n) is 22.6. The number of hydrogen-bond donors (Lipinski definition) is 4. The van der Waals surface area contributed by atoms with Gasteiger partial charge in [0.25, 0.3) is 0 Å². The first-order valence-electron chi connectivity index (χ1n) is 13.4. The first kappa shape index (κ1) is 31.1. The van der Waals surface area contributed by atoms with Crippen molar-refractivity contribution in [2.45, 2.75) is 32.8 Å². The number of nitrogens with one attached hydrogen (secondary N) is 2. The summed E-state index contributed by atoms with van der Waals surface area (Å²) in [5, 5.41) is 24.6. The van der Waals surface area contributed by atoms with Crippen LogP contribution in [0.25, 0.3) is 10.2 Å². The van der Waals surface area contributed by atoms with Crippen molar-refractivity contribution in [3.05, 3.63) is 62.2 Å². The molecule has 0 bridgehead atoms. The molecule has 1 aromatic heterocycles. The van der Waals surface area contributed by atoms with E-state index in [0.29, 0.717) is 60.1 Å². The number of aliphatic hydroxyl groups excluding tert-OH is 1. The molecule has 1 amide bonds. The fourth-order valence-corrected chi connectivity index (χ4v) is 5.46. The Labute approximate surface area is 238 Å². The number of aromatic amines is 1. The fourth-order valence-electron chi connectivity index (χ4n) is 4.33. The molecule has 214 valence electrons. The fraction of sp³-hybridized carbons (Fsp3) is 0.500. The number of aliphatic hydroxyl groups is 1. The van der Waals surface area contributed by atoms with Gasteiger partial charge >= 0.3 is 4.87 Å². The predicted molar refractivity (Wildman–Crippen MR) is 157 cm³/mol. The molecule has 4 N–H and O–H groups in total. The molecule has 9 nitrogen and oxygen atoms in total. The van der Waals surface area contributed by atoms with Crippen LogP contribution in [-0.2, 0) is 16.0 Å². The molecule has 1 atom stereocenters. The molecule has 11 heteroatoms. The summed E-state index contributed by atoms with van der Waals surface area (Å²) in [7, 11) is 0. The Morgan fingerprint density at radius 2 is 1.95 bits per heavy atom. The number of benzene rings is 2. The molecular weight excluding hydrogens is 540 g/mol. The van der Waals surface area contributed by atoms with Gasteiger partial charge in [-0.3, -0.25) is 9.59 Å². The minimum absolute atomic E-state index is 0.0249. The maximum absolute atomic E-state index is 13.0. The third kappa shape index (κ3) is 9.59. The number of rotatable bonds is 17. The molecule has 2 aromatic carbocycles. The molecule has 0 radical (unpaired) electrons. The lowest BCUT2D eigenvalue weighted by Gasteiger charge is -2.27. The van der Waals surface area contributed by atoms with E-state index in [-0.39, 0.29) is 23.1 Å². The second-order valence-corrected chi connectivity index (χ2v) is 10.7. The molecule has 0 fully saturated rings. The summed E-state index contributed by atoms with van der Waals surface area (Å²) in [4.78, 5) is 31.2. The molecule has 3 rings (SSSR count). The van der Waals surface area contributed by atoms with Gasteiger partial charge < -0.3 is 35.1 Å². The number of aromatic nitrogens is 1. The van der Waals surface area contributed by atoms with Crippen LogP contribution in [0, 0.1) is 0 Å². The van der Waals surface area contributed by atoms with Gasteiger partial charge in [0.2, 0.25) is 5.91 Å². The van der Waals surface area contributed by atoms with E-state index in [1.165, 1.54) is 6.07 Å². The van der Waals surface area contributed by atoms with Crippen LogP contribution in [-0.4, -0.2) is 89.9 Å². The highest BCUT2D eigenvalue weighted by Crippen LogP contribution is 2.31. The zero-order chi connectivity index (χ0) is 28.2. The van der Waals surface area contributed by atoms with Crippen LogP contribution in [0.2, 0.25) is 5.02 Å². The Morgan fingerprint density at radius 1 is 1.15 bits per heavy atom. The summed E-state index contributed by atoms with van der Waals surface area (Å²) in [5.74, 6) is 0.00709. The molecule has 0 saturated heterocycles. The number of likely N-dealkylation sites (N-methyl/N-ethyl adjacent to an activating group) is 1. The predicted octanol–water partition coefficient (Wildman–Crippen LogP) is 3.39. The Bertz CT molecular complexity index is 1250. The summed E-state index contributed by atoms with van der Waals surface area (Å²) in [6.07, 6.45) is 0.167. The van der Waals surface area contributed by atoms with Crippen molar-refractivity contribution in [2.24, 2.45) is 0 Å². The first-order valence-corrected chi connectivity index (χ1v) is 14.6. The highest BCUT2D eigenvalue weighted by Gasteiger charge is 2.17. The number of thiazole rings is 1. The Balaban J connectivity index is 1.47. The molecule has 0 saturated carbocycles. The number of carbonyl (C=O) groups excluding carboxylic acids is 1. The van der Waals surface area contributed by atoms with Gasteiger partial charge in [0.1, 0.15) is 11.3 Å². The van der Waals surface area contributed by atoms with Gasteiger partial charge in [0, 0.05) is 43.3 Å². The third-order valence-electron chi connectivity index (χ3n) is 6.66. The largest absolute Gasteiger partial charge is 0.506 e. The van der Waals surface area contributed by atoms with Gasteiger partial charge in [0.05, 0.1) is 30.4 Å². The molecule has 1 heterocycles. The topological polar surface area (TPSA) is 118 Å². The number of halogens is 1. The molecule has 0 aliphatic rings. The average Bonchev–Trinajstić information content (AvgIpc) is 3.32. The number of phenolic OH excluding ortho intramolecular Hbond substituents is 1. The van der Waals surface area contributed by atoms with Crippen molar-refractivity contribution in [1.29, 1.82) is 0 Å². The zero-order valence-corrected chi connectivity index (χ0v) is 24.2.